The molecule has 0 saturated carbocycles. The van der Waals surface area contributed by atoms with Crippen LogP contribution in [0.1, 0.15) is 17.9 Å². The highest BCUT2D eigenvalue weighted by atomic mass is 16.6. The number of rotatable bonds is 2. The summed E-state index contributed by atoms with van der Waals surface area (Å²) in [5.41, 5.74) is 1.89. The van der Waals surface area contributed by atoms with Crippen LogP contribution in [0, 0.1) is 0 Å². The number of carbonyl (C=O) groups excluding carboxylic acids is 2. The molecule has 4 nitrogen and oxygen atoms in total. The van der Waals surface area contributed by atoms with Gasteiger partial charge in [-0.1, -0.05) is 12.1 Å². The van der Waals surface area contributed by atoms with Gasteiger partial charge in [0.2, 0.25) is 0 Å². The van der Waals surface area contributed by atoms with Crippen molar-refractivity contribution in [3.8, 4) is 0 Å². The van der Waals surface area contributed by atoms with Crippen LogP contribution < -0.4 is 4.90 Å². The first-order valence-corrected chi connectivity index (χ1v) is 5.10. The third-order valence-electron chi connectivity index (χ3n) is 2.68. The molecule has 1 fully saturated rings. The molecule has 0 spiro atoms. The number of ether oxygens (including phenoxy) is 1. The second-order valence-corrected chi connectivity index (χ2v) is 4.04. The van der Waals surface area contributed by atoms with Crippen molar-refractivity contribution in [2.45, 2.75) is 12.3 Å². The molecule has 1 aromatic rings. The summed E-state index contributed by atoms with van der Waals surface area (Å²) in [7, 11) is 3.89. The lowest BCUT2D eigenvalue weighted by Gasteiger charge is -2.13. The largest absolute Gasteiger partial charge is 0.393 e. The van der Waals surface area contributed by atoms with Crippen molar-refractivity contribution in [3.05, 3.63) is 29.8 Å². The molecule has 1 saturated heterocycles. The number of carbonyl (C=O) groups is 2. The van der Waals surface area contributed by atoms with Gasteiger partial charge in [-0.15, -0.1) is 0 Å². The van der Waals surface area contributed by atoms with Crippen molar-refractivity contribution < 1.29 is 14.3 Å². The molecule has 84 valence electrons. The average Bonchev–Trinajstić information content (AvgIpc) is 2.58. The molecule has 0 aliphatic carbocycles. The molecule has 1 aromatic carbocycles. The summed E-state index contributed by atoms with van der Waals surface area (Å²) in [5, 5.41) is 0. The van der Waals surface area contributed by atoms with Crippen LogP contribution in [-0.2, 0) is 14.3 Å². The average molecular weight is 219 g/mol. The van der Waals surface area contributed by atoms with Gasteiger partial charge in [0.25, 0.3) is 0 Å². The van der Waals surface area contributed by atoms with Crippen molar-refractivity contribution >= 4 is 17.6 Å². The van der Waals surface area contributed by atoms with E-state index in [1.54, 1.807) is 0 Å². The molecule has 1 aliphatic heterocycles. The third-order valence-corrected chi connectivity index (χ3v) is 2.68. The minimum atomic E-state index is -0.442. The molecule has 2 rings (SSSR count). The zero-order valence-corrected chi connectivity index (χ0v) is 9.27. The third kappa shape index (κ3) is 1.91. The van der Waals surface area contributed by atoms with Crippen molar-refractivity contribution in [2.75, 3.05) is 19.0 Å². The number of cyclic esters (lactones) is 2. The zero-order valence-electron chi connectivity index (χ0n) is 9.27. The molecule has 1 unspecified atom stereocenters. The lowest BCUT2D eigenvalue weighted by molar-refractivity contribution is -0.152. The Bertz CT molecular complexity index is 422. The molecule has 0 N–H and O–H groups in total. The number of nitrogens with zero attached hydrogens (tertiary/aromatic N) is 1. The summed E-state index contributed by atoms with van der Waals surface area (Å²) in [6.07, 6.45) is 0.153. The second kappa shape index (κ2) is 3.96. The van der Waals surface area contributed by atoms with Crippen molar-refractivity contribution in [1.29, 1.82) is 0 Å². The number of hydrogen-bond acceptors (Lipinski definition) is 4. The minimum absolute atomic E-state index is 0.153. The smallest absolute Gasteiger partial charge is 0.321 e. The predicted octanol–water partition coefficient (Wildman–Crippen LogP) is 1.31. The van der Waals surface area contributed by atoms with Gasteiger partial charge in [0.1, 0.15) is 0 Å². The Hall–Kier alpha value is -1.84. The molecular formula is C12H13NO3. The van der Waals surface area contributed by atoms with Crippen molar-refractivity contribution in [3.63, 3.8) is 0 Å². The highest BCUT2D eigenvalue weighted by Gasteiger charge is 2.34. The van der Waals surface area contributed by atoms with Crippen LogP contribution in [0.2, 0.25) is 0 Å². The van der Waals surface area contributed by atoms with Gasteiger partial charge < -0.3 is 9.64 Å². The van der Waals surface area contributed by atoms with E-state index in [2.05, 4.69) is 4.74 Å². The highest BCUT2D eigenvalue weighted by molar-refractivity contribution is 5.97. The summed E-state index contributed by atoms with van der Waals surface area (Å²) < 4.78 is 4.52. The van der Waals surface area contributed by atoms with E-state index in [9.17, 15) is 9.59 Å². The maximum absolute atomic E-state index is 11.4. The first-order valence-electron chi connectivity index (χ1n) is 5.10. The summed E-state index contributed by atoms with van der Waals surface area (Å²) in [6, 6.07) is 7.57. The number of benzene rings is 1. The molecule has 16 heavy (non-hydrogen) atoms. The Labute approximate surface area is 93.8 Å². The molecular weight excluding hydrogens is 206 g/mol. The molecule has 0 radical (unpaired) electrons. The van der Waals surface area contributed by atoms with Gasteiger partial charge in [-0.2, -0.15) is 0 Å². The van der Waals surface area contributed by atoms with Gasteiger partial charge >= 0.3 is 11.9 Å². The van der Waals surface area contributed by atoms with Gasteiger partial charge in [0.15, 0.2) is 0 Å². The van der Waals surface area contributed by atoms with E-state index in [0.29, 0.717) is 0 Å². The Morgan fingerprint density at radius 3 is 2.25 bits per heavy atom. The van der Waals surface area contributed by atoms with E-state index in [0.717, 1.165) is 11.3 Å². The summed E-state index contributed by atoms with van der Waals surface area (Å²) in [6.45, 7) is 0. The van der Waals surface area contributed by atoms with Gasteiger partial charge in [0, 0.05) is 19.8 Å². The SMILES string of the molecule is CN(C)c1ccc(C2CC(=O)OC2=O)cc1. The normalized spacial score (nSPS) is 19.8. The Balaban J connectivity index is 2.22. The monoisotopic (exact) mass is 219 g/mol. The fourth-order valence-corrected chi connectivity index (χ4v) is 1.73. The van der Waals surface area contributed by atoms with Gasteiger partial charge in [-0.25, -0.2) is 0 Å². The second-order valence-electron chi connectivity index (χ2n) is 4.04. The number of anilines is 1. The Morgan fingerprint density at radius 1 is 1.19 bits per heavy atom. The minimum Gasteiger partial charge on any atom is -0.393 e. The fraction of sp³-hybridized carbons (Fsp3) is 0.333. The summed E-state index contributed by atoms with van der Waals surface area (Å²) >= 11 is 0. The van der Waals surface area contributed by atoms with Crippen LogP contribution in [0.15, 0.2) is 24.3 Å². The van der Waals surface area contributed by atoms with Crippen LogP contribution >= 0.6 is 0 Å². The lowest BCUT2D eigenvalue weighted by atomic mass is 9.97. The predicted molar refractivity (Wildman–Crippen MR) is 59.2 cm³/mol. The zero-order chi connectivity index (χ0) is 11.7. The van der Waals surface area contributed by atoms with Crippen molar-refractivity contribution in [2.24, 2.45) is 0 Å². The first kappa shape index (κ1) is 10.7. The standard InChI is InChI=1S/C12H13NO3/c1-13(2)9-5-3-8(4-6-9)10-7-11(14)16-12(10)15/h3-6,10H,7H2,1-2H3. The topological polar surface area (TPSA) is 46.6 Å². The van der Waals surface area contributed by atoms with Crippen LogP contribution in [0.5, 0.6) is 0 Å². The van der Waals surface area contributed by atoms with Crippen LogP contribution in [-0.4, -0.2) is 26.0 Å². The highest BCUT2D eigenvalue weighted by Crippen LogP contribution is 2.28. The molecule has 1 heterocycles. The maximum Gasteiger partial charge on any atom is 0.321 e. The fourth-order valence-electron chi connectivity index (χ4n) is 1.73. The van der Waals surface area contributed by atoms with E-state index >= 15 is 0 Å². The van der Waals surface area contributed by atoms with E-state index < -0.39 is 17.9 Å². The van der Waals surface area contributed by atoms with Crippen LogP contribution in [0.3, 0.4) is 0 Å². The van der Waals surface area contributed by atoms with E-state index in [1.807, 2.05) is 43.3 Å². The molecule has 4 heteroatoms. The van der Waals surface area contributed by atoms with E-state index in [-0.39, 0.29) is 6.42 Å². The lowest BCUT2D eigenvalue weighted by Crippen LogP contribution is -2.09. The molecule has 0 bridgehead atoms. The number of hydrogen-bond donors (Lipinski definition) is 0. The maximum atomic E-state index is 11.4. The van der Waals surface area contributed by atoms with Gasteiger partial charge in [0.05, 0.1) is 12.3 Å². The first-order chi connectivity index (χ1) is 7.58. The molecule has 0 aromatic heterocycles. The number of esters is 2. The van der Waals surface area contributed by atoms with Crippen LogP contribution in [0.25, 0.3) is 0 Å². The molecule has 0 amide bonds. The quantitative estimate of drug-likeness (QED) is 0.555. The van der Waals surface area contributed by atoms with E-state index in [1.165, 1.54) is 0 Å². The van der Waals surface area contributed by atoms with E-state index in [4.69, 9.17) is 0 Å². The van der Waals surface area contributed by atoms with Gasteiger partial charge in [-0.3, -0.25) is 9.59 Å². The van der Waals surface area contributed by atoms with Crippen molar-refractivity contribution in [1.82, 2.24) is 0 Å². The molecule has 1 aliphatic rings. The Kier molecular flexibility index (Phi) is 2.64. The molecule has 1 atom stereocenters. The summed E-state index contributed by atoms with van der Waals surface area (Å²) in [4.78, 5) is 24.3. The summed E-state index contributed by atoms with van der Waals surface area (Å²) in [5.74, 6) is -1.31. The van der Waals surface area contributed by atoms with Gasteiger partial charge in [-0.05, 0) is 17.7 Å². The van der Waals surface area contributed by atoms with Crippen LogP contribution in [0.4, 0.5) is 5.69 Å². The Morgan fingerprint density at radius 2 is 1.81 bits per heavy atom.